The third-order valence-electron chi connectivity index (χ3n) is 7.29. The molecule has 0 bridgehead atoms. The normalized spacial score (nSPS) is 15.2. The maximum absolute atomic E-state index is 13.9. The number of thioether (sulfide) groups is 1. The summed E-state index contributed by atoms with van der Waals surface area (Å²) in [6.07, 6.45) is 0. The second-order valence-corrected chi connectivity index (χ2v) is 12.5. The Hall–Kier alpha value is -4.11. The van der Waals surface area contributed by atoms with Crippen LogP contribution in [0.4, 0.5) is 10.2 Å². The van der Waals surface area contributed by atoms with Gasteiger partial charge in [-0.2, -0.15) is 5.10 Å². The van der Waals surface area contributed by atoms with Crippen LogP contribution in [0.3, 0.4) is 0 Å². The number of anilines is 1. The number of aryl methyl sites for hydroxylation is 1. The maximum Gasteiger partial charge on any atom is 0.240 e. The Morgan fingerprint density at radius 3 is 2.40 bits per heavy atom. The largest absolute Gasteiger partial charge is 0.497 e. The van der Waals surface area contributed by atoms with E-state index >= 15 is 0 Å². The van der Waals surface area contributed by atoms with Gasteiger partial charge in [-0.15, -0.1) is 11.8 Å². The summed E-state index contributed by atoms with van der Waals surface area (Å²) in [6.45, 7) is 8.45. The number of hydrogen-bond acceptors (Lipinski definition) is 5. The molecule has 2 heterocycles. The molecule has 1 aromatic heterocycles. The number of benzene rings is 3. The van der Waals surface area contributed by atoms with Crippen LogP contribution in [0.1, 0.15) is 54.0 Å². The molecule has 0 radical (unpaired) electrons. The zero-order valence-corrected chi connectivity index (χ0v) is 25.3. The van der Waals surface area contributed by atoms with Gasteiger partial charge in [-0.05, 0) is 60.0 Å². The molecule has 1 aliphatic rings. The predicted octanol–water partition coefficient (Wildman–Crippen LogP) is 6.11. The van der Waals surface area contributed by atoms with Crippen molar-refractivity contribution in [2.45, 2.75) is 44.9 Å². The van der Waals surface area contributed by atoms with Crippen molar-refractivity contribution in [2.24, 2.45) is 0 Å². The lowest BCUT2D eigenvalue weighted by Gasteiger charge is -2.25. The summed E-state index contributed by atoms with van der Waals surface area (Å²) in [5.41, 5.74) is 5.18. The van der Waals surface area contributed by atoms with Crippen LogP contribution in [0.15, 0.2) is 72.8 Å². The Bertz CT molecular complexity index is 1590. The lowest BCUT2D eigenvalue weighted by Crippen LogP contribution is -2.42. The molecule has 4 aromatic rings. The van der Waals surface area contributed by atoms with E-state index in [1.807, 2.05) is 36.4 Å². The van der Waals surface area contributed by atoms with Crippen molar-refractivity contribution >= 4 is 29.4 Å². The molecule has 1 atom stereocenters. The number of nitrogens with zero attached hydrogens (tertiary/aromatic N) is 3. The van der Waals surface area contributed by atoms with Gasteiger partial charge >= 0.3 is 0 Å². The summed E-state index contributed by atoms with van der Waals surface area (Å²) in [6, 6.07) is 21.7. The highest BCUT2D eigenvalue weighted by Gasteiger charge is 2.40. The first-order chi connectivity index (χ1) is 20.1. The molecule has 42 heavy (non-hydrogen) atoms. The lowest BCUT2D eigenvalue weighted by molar-refractivity contribution is -0.123. The quantitative estimate of drug-likeness (QED) is 0.283. The minimum Gasteiger partial charge on any atom is -0.497 e. The third-order valence-corrected chi connectivity index (χ3v) is 8.53. The number of methoxy groups -OCH3 is 1. The number of fused-ring (bicyclic) bond motifs is 1. The molecule has 0 fully saturated rings. The first-order valence-electron chi connectivity index (χ1n) is 13.8. The maximum atomic E-state index is 13.9. The summed E-state index contributed by atoms with van der Waals surface area (Å²) in [5, 5.41) is 7.86. The van der Waals surface area contributed by atoms with Crippen molar-refractivity contribution in [1.29, 1.82) is 0 Å². The van der Waals surface area contributed by atoms with Gasteiger partial charge in [0.05, 0.1) is 29.5 Å². The van der Waals surface area contributed by atoms with Crippen molar-refractivity contribution in [1.82, 2.24) is 15.1 Å². The number of amides is 2. The van der Waals surface area contributed by atoms with E-state index in [1.54, 1.807) is 40.6 Å². The fourth-order valence-electron chi connectivity index (χ4n) is 5.11. The minimum absolute atomic E-state index is 0.168. The topological polar surface area (TPSA) is 76.5 Å². The van der Waals surface area contributed by atoms with Gasteiger partial charge in [-0.25, -0.2) is 9.07 Å². The van der Waals surface area contributed by atoms with Crippen LogP contribution < -0.4 is 15.0 Å². The van der Waals surface area contributed by atoms with Crippen molar-refractivity contribution < 1.29 is 18.7 Å². The molecular weight excluding hydrogens is 551 g/mol. The monoisotopic (exact) mass is 586 g/mol. The second kappa shape index (κ2) is 12.0. The Morgan fingerprint density at radius 2 is 1.76 bits per heavy atom. The molecule has 1 N–H and O–H groups in total. The van der Waals surface area contributed by atoms with Crippen molar-refractivity contribution in [2.75, 3.05) is 24.3 Å². The molecule has 9 heteroatoms. The van der Waals surface area contributed by atoms with Crippen molar-refractivity contribution in [3.63, 3.8) is 0 Å². The third kappa shape index (κ3) is 6.06. The Balaban J connectivity index is 1.64. The number of rotatable bonds is 7. The molecule has 0 saturated heterocycles. The summed E-state index contributed by atoms with van der Waals surface area (Å²) in [4.78, 5) is 28.7. The second-order valence-electron chi connectivity index (χ2n) is 11.4. The van der Waals surface area contributed by atoms with Gasteiger partial charge in [0.15, 0.2) is 0 Å². The highest BCUT2D eigenvalue weighted by atomic mass is 32.2. The average molecular weight is 587 g/mol. The summed E-state index contributed by atoms with van der Waals surface area (Å²) >= 11 is 1.56. The summed E-state index contributed by atoms with van der Waals surface area (Å²) in [7, 11) is 1.61. The van der Waals surface area contributed by atoms with Gasteiger partial charge in [-0.3, -0.25) is 14.5 Å². The first kappa shape index (κ1) is 29.4. The standard InChI is InChI=1S/C33H35FN4O3S/c1-21-8-6-7-9-26(21)30-29-31(33(2,3)4)36-38(24-14-16-25(41-5)17-15-24)32(29)37(28(40)20-42-30)19-27(39)35-18-22-10-12-23(34)13-11-22/h6-17,30H,18-20H2,1-5H3,(H,35,39)/t30-/m0/s1. The number of ether oxygens (including phenoxy) is 1. The molecule has 7 nitrogen and oxygen atoms in total. The van der Waals surface area contributed by atoms with E-state index in [4.69, 9.17) is 9.84 Å². The van der Waals surface area contributed by atoms with Crippen LogP contribution in [0.2, 0.25) is 0 Å². The molecule has 5 rings (SSSR count). The minimum atomic E-state index is -0.354. The first-order valence-corrected chi connectivity index (χ1v) is 14.9. The van der Waals surface area contributed by atoms with Crippen LogP contribution in [0, 0.1) is 12.7 Å². The molecule has 0 aliphatic carbocycles. The van der Waals surface area contributed by atoms with Gasteiger partial charge in [0.1, 0.15) is 23.9 Å². The summed E-state index contributed by atoms with van der Waals surface area (Å²) in [5.74, 6) is 0.655. The SMILES string of the molecule is COc1ccc(-n2nc(C(C)(C)C)c3c2N(CC(=O)NCc2ccc(F)cc2)C(=O)CS[C@H]3c2ccccc2C)cc1. The molecule has 0 unspecified atom stereocenters. The van der Waals surface area contributed by atoms with Gasteiger partial charge in [-0.1, -0.05) is 57.2 Å². The fraction of sp³-hybridized carbons (Fsp3) is 0.303. The fourth-order valence-corrected chi connectivity index (χ4v) is 6.40. The van der Waals surface area contributed by atoms with Gasteiger partial charge in [0.25, 0.3) is 0 Å². The molecule has 1 aliphatic heterocycles. The summed E-state index contributed by atoms with van der Waals surface area (Å²) < 4.78 is 20.5. The number of aromatic nitrogens is 2. The highest BCUT2D eigenvalue weighted by Crippen LogP contribution is 2.49. The van der Waals surface area contributed by atoms with Gasteiger partial charge < -0.3 is 10.1 Å². The highest BCUT2D eigenvalue weighted by molar-refractivity contribution is 8.00. The van der Waals surface area contributed by atoms with E-state index in [0.29, 0.717) is 11.6 Å². The number of halogens is 1. The van der Waals surface area contributed by atoms with E-state index in [9.17, 15) is 14.0 Å². The van der Waals surface area contributed by atoms with Crippen molar-refractivity contribution in [3.05, 3.63) is 107 Å². The zero-order valence-electron chi connectivity index (χ0n) is 24.5. The zero-order chi connectivity index (χ0) is 30.0. The van der Waals surface area contributed by atoms with Crippen LogP contribution in [-0.4, -0.2) is 41.0 Å². The Morgan fingerprint density at radius 1 is 1.07 bits per heavy atom. The molecule has 0 spiro atoms. The molecular formula is C33H35FN4O3S. The van der Waals surface area contributed by atoms with Crippen LogP contribution in [0.25, 0.3) is 5.69 Å². The van der Waals surface area contributed by atoms with Gasteiger partial charge in [0, 0.05) is 17.5 Å². The number of hydrogen-bond donors (Lipinski definition) is 1. The van der Waals surface area contributed by atoms with E-state index < -0.39 is 0 Å². The lowest BCUT2D eigenvalue weighted by atomic mass is 9.86. The molecule has 3 aromatic carbocycles. The average Bonchev–Trinajstić information content (AvgIpc) is 3.31. The van der Waals surface area contributed by atoms with E-state index in [1.165, 1.54) is 12.1 Å². The van der Waals surface area contributed by atoms with Crippen LogP contribution in [0.5, 0.6) is 5.75 Å². The molecule has 218 valence electrons. The molecule has 0 saturated carbocycles. The predicted molar refractivity (Wildman–Crippen MR) is 165 cm³/mol. The number of carbonyl (C=O) groups is 2. The smallest absolute Gasteiger partial charge is 0.240 e. The van der Waals surface area contributed by atoms with Gasteiger partial charge in [0.2, 0.25) is 11.8 Å². The van der Waals surface area contributed by atoms with Crippen LogP contribution in [-0.2, 0) is 21.5 Å². The van der Waals surface area contributed by atoms with Crippen molar-refractivity contribution in [3.8, 4) is 11.4 Å². The number of carbonyl (C=O) groups excluding carboxylic acids is 2. The van der Waals surface area contributed by atoms with E-state index in [2.05, 4.69) is 45.1 Å². The van der Waals surface area contributed by atoms with E-state index in [-0.39, 0.29) is 47.1 Å². The van der Waals surface area contributed by atoms with E-state index in [0.717, 1.165) is 33.6 Å². The Labute approximate surface area is 250 Å². The number of nitrogens with one attached hydrogen (secondary N) is 1. The Kier molecular flexibility index (Phi) is 8.41. The van der Waals surface area contributed by atoms with Crippen LogP contribution >= 0.6 is 11.8 Å². The molecule has 2 amide bonds.